The van der Waals surface area contributed by atoms with E-state index in [1.54, 1.807) is 12.2 Å². The Morgan fingerprint density at radius 3 is 2.90 bits per heavy atom. The van der Waals surface area contributed by atoms with Crippen LogP contribution in [0.1, 0.15) is 71.1 Å². The quantitative estimate of drug-likeness (QED) is 0.168. The van der Waals surface area contributed by atoms with Crippen LogP contribution in [0.3, 0.4) is 0 Å². The van der Waals surface area contributed by atoms with Crippen LogP contribution in [-0.2, 0) is 23.8 Å². The summed E-state index contributed by atoms with van der Waals surface area (Å²) in [4.78, 5) is 24.2. The lowest BCUT2D eigenvalue weighted by molar-refractivity contribution is -0.201. The van der Waals surface area contributed by atoms with Gasteiger partial charge in [0.25, 0.3) is 0 Å². The molecule has 2 rings (SSSR count). The van der Waals surface area contributed by atoms with Gasteiger partial charge in [0.2, 0.25) is 0 Å². The second-order valence-electron chi connectivity index (χ2n) is 8.21. The maximum Gasteiger partial charge on any atom is 0.335 e. The Balaban J connectivity index is 1.81. The van der Waals surface area contributed by atoms with Gasteiger partial charge in [-0.05, 0) is 56.8 Å². The van der Waals surface area contributed by atoms with E-state index in [0.29, 0.717) is 19.4 Å². The molecule has 2 aliphatic rings. The average Bonchev–Trinajstić information content (AvgIpc) is 3.14. The number of unbranched alkanes of at least 4 members (excludes halogenated alkanes) is 4. The zero-order chi connectivity index (χ0) is 22.3. The largest absolute Gasteiger partial charge is 0.467 e. The number of methoxy groups -OCH3 is 1. The van der Waals surface area contributed by atoms with Gasteiger partial charge in [0.05, 0.1) is 7.11 Å². The highest BCUT2D eigenvalue weighted by Crippen LogP contribution is 2.27. The number of carbonyl (C=O) groups excluding carboxylic acids is 2. The van der Waals surface area contributed by atoms with Gasteiger partial charge >= 0.3 is 5.97 Å². The van der Waals surface area contributed by atoms with Crippen molar-refractivity contribution in [2.24, 2.45) is 11.8 Å². The van der Waals surface area contributed by atoms with Crippen LogP contribution in [0, 0.1) is 11.8 Å². The SMILES string of the molecule is CCCCCC/C=C/[C@H]1C=CC(=O)[C@@H]1CC=C=CCC(O[C@@H]1CCCCO1)C(=O)OC. The van der Waals surface area contributed by atoms with Crippen LogP contribution in [0.2, 0.25) is 0 Å². The molecule has 0 spiro atoms. The number of allylic oxidation sites excluding steroid dienone is 4. The maximum atomic E-state index is 12.2. The maximum absolute atomic E-state index is 12.2. The molecule has 0 saturated carbocycles. The Labute approximate surface area is 187 Å². The number of carbonyl (C=O) groups is 2. The molecule has 0 aromatic rings. The molecular weight excluding hydrogens is 392 g/mol. The molecule has 0 bridgehead atoms. The predicted octanol–water partition coefficient (Wildman–Crippen LogP) is 5.46. The molecule has 0 amide bonds. The van der Waals surface area contributed by atoms with E-state index in [9.17, 15) is 9.59 Å². The molecule has 1 fully saturated rings. The van der Waals surface area contributed by atoms with E-state index in [1.165, 1.54) is 32.8 Å². The average molecular weight is 431 g/mol. The lowest BCUT2D eigenvalue weighted by atomic mass is 9.91. The zero-order valence-electron chi connectivity index (χ0n) is 19.1. The molecule has 31 heavy (non-hydrogen) atoms. The Morgan fingerprint density at radius 1 is 1.29 bits per heavy atom. The molecule has 0 radical (unpaired) electrons. The van der Waals surface area contributed by atoms with E-state index in [-0.39, 0.29) is 23.9 Å². The Hall–Kier alpha value is -1.94. The third kappa shape index (κ3) is 9.39. The van der Waals surface area contributed by atoms with Crippen molar-refractivity contribution in [3.8, 4) is 0 Å². The van der Waals surface area contributed by atoms with E-state index in [4.69, 9.17) is 14.2 Å². The molecule has 0 aromatic carbocycles. The van der Waals surface area contributed by atoms with E-state index in [2.05, 4.69) is 24.8 Å². The summed E-state index contributed by atoms with van der Waals surface area (Å²) < 4.78 is 16.2. The molecule has 1 aliphatic carbocycles. The number of hydrogen-bond acceptors (Lipinski definition) is 5. The topological polar surface area (TPSA) is 61.8 Å². The minimum Gasteiger partial charge on any atom is -0.467 e. The highest BCUT2D eigenvalue weighted by molar-refractivity contribution is 5.95. The van der Waals surface area contributed by atoms with Gasteiger partial charge in [-0.1, -0.05) is 44.4 Å². The van der Waals surface area contributed by atoms with Crippen molar-refractivity contribution >= 4 is 11.8 Å². The molecule has 172 valence electrons. The van der Waals surface area contributed by atoms with Crippen molar-refractivity contribution in [1.82, 2.24) is 0 Å². The first-order valence-corrected chi connectivity index (χ1v) is 11.8. The normalized spacial score (nSPS) is 24.2. The summed E-state index contributed by atoms with van der Waals surface area (Å²) in [6, 6.07) is 0. The summed E-state index contributed by atoms with van der Waals surface area (Å²) in [5, 5.41) is 0. The summed E-state index contributed by atoms with van der Waals surface area (Å²) >= 11 is 0. The molecule has 1 unspecified atom stereocenters. The zero-order valence-corrected chi connectivity index (χ0v) is 19.1. The number of hydrogen-bond donors (Lipinski definition) is 0. The Bertz CT molecular complexity index is 665. The Morgan fingerprint density at radius 2 is 2.16 bits per heavy atom. The highest BCUT2D eigenvalue weighted by atomic mass is 16.7. The fraction of sp³-hybridized carbons (Fsp3) is 0.654. The summed E-state index contributed by atoms with van der Waals surface area (Å²) in [5.41, 5.74) is 3.11. The molecule has 5 nitrogen and oxygen atoms in total. The number of rotatable bonds is 13. The van der Waals surface area contributed by atoms with E-state index in [0.717, 1.165) is 25.7 Å². The van der Waals surface area contributed by atoms with Gasteiger partial charge in [0.15, 0.2) is 18.2 Å². The summed E-state index contributed by atoms with van der Waals surface area (Å²) in [5.74, 6) is -0.141. The van der Waals surface area contributed by atoms with Gasteiger partial charge in [-0.15, -0.1) is 5.73 Å². The monoisotopic (exact) mass is 430 g/mol. The minimum absolute atomic E-state index is 0.0592. The number of ketones is 1. The molecule has 1 heterocycles. The highest BCUT2D eigenvalue weighted by Gasteiger charge is 2.27. The van der Waals surface area contributed by atoms with Crippen molar-refractivity contribution in [3.63, 3.8) is 0 Å². The van der Waals surface area contributed by atoms with Gasteiger partial charge in [0, 0.05) is 24.9 Å². The van der Waals surface area contributed by atoms with Crippen molar-refractivity contribution in [1.29, 1.82) is 0 Å². The number of esters is 1. The van der Waals surface area contributed by atoms with Crippen LogP contribution in [0.5, 0.6) is 0 Å². The van der Waals surface area contributed by atoms with Gasteiger partial charge in [-0.25, -0.2) is 4.79 Å². The van der Waals surface area contributed by atoms with Gasteiger partial charge in [0.1, 0.15) is 0 Å². The molecule has 4 atom stereocenters. The third-order valence-electron chi connectivity index (χ3n) is 5.75. The minimum atomic E-state index is -0.702. The van der Waals surface area contributed by atoms with Crippen molar-refractivity contribution in [2.75, 3.05) is 13.7 Å². The lowest BCUT2D eigenvalue weighted by Gasteiger charge is -2.25. The van der Waals surface area contributed by atoms with Crippen LogP contribution in [0.4, 0.5) is 0 Å². The predicted molar refractivity (Wildman–Crippen MR) is 121 cm³/mol. The van der Waals surface area contributed by atoms with Gasteiger partial charge < -0.3 is 14.2 Å². The molecule has 1 aliphatic heterocycles. The first-order valence-electron chi connectivity index (χ1n) is 11.8. The first kappa shape index (κ1) is 25.3. The van der Waals surface area contributed by atoms with E-state index < -0.39 is 12.1 Å². The molecule has 0 aromatic heterocycles. The van der Waals surface area contributed by atoms with Crippen LogP contribution in [0.15, 0.2) is 42.2 Å². The van der Waals surface area contributed by atoms with E-state index >= 15 is 0 Å². The summed E-state index contributed by atoms with van der Waals surface area (Å²) in [6.07, 6.45) is 20.6. The van der Waals surface area contributed by atoms with Crippen LogP contribution in [0.25, 0.3) is 0 Å². The second kappa shape index (κ2) is 15.0. The first-order chi connectivity index (χ1) is 15.2. The van der Waals surface area contributed by atoms with Crippen LogP contribution >= 0.6 is 0 Å². The molecule has 5 heteroatoms. The number of ether oxygens (including phenoxy) is 3. The van der Waals surface area contributed by atoms with Crippen molar-refractivity contribution < 1.29 is 23.8 Å². The molecule has 0 N–H and O–H groups in total. The fourth-order valence-corrected chi connectivity index (χ4v) is 3.86. The summed E-state index contributed by atoms with van der Waals surface area (Å²) in [6.45, 7) is 2.87. The fourth-order valence-electron chi connectivity index (χ4n) is 3.86. The molecular formula is C26H38O5. The second-order valence-corrected chi connectivity index (χ2v) is 8.21. The van der Waals surface area contributed by atoms with Crippen molar-refractivity contribution in [2.45, 2.75) is 83.5 Å². The Kier molecular flexibility index (Phi) is 12.2. The standard InChI is InChI=1S/C26H38O5/c1-3-4-5-6-7-9-14-21-18-19-23(27)22(21)15-10-8-11-16-24(26(28)29-2)31-25-17-12-13-20-30-25/h9-11,14,18-19,21-22,24-25H,3-7,12-13,15-17,20H2,1-2H3/b14-9+/t8?,21-,22+,24?,25+/m0/s1. The van der Waals surface area contributed by atoms with Crippen LogP contribution in [-0.4, -0.2) is 37.9 Å². The smallest absolute Gasteiger partial charge is 0.335 e. The van der Waals surface area contributed by atoms with Crippen molar-refractivity contribution in [3.05, 3.63) is 42.2 Å². The summed E-state index contributed by atoms with van der Waals surface area (Å²) in [7, 11) is 1.36. The lowest BCUT2D eigenvalue weighted by Crippen LogP contribution is -2.33. The third-order valence-corrected chi connectivity index (χ3v) is 5.75. The van der Waals surface area contributed by atoms with Gasteiger partial charge in [-0.3, -0.25) is 4.79 Å². The van der Waals surface area contributed by atoms with Gasteiger partial charge in [-0.2, -0.15) is 0 Å². The van der Waals surface area contributed by atoms with E-state index in [1.807, 2.05) is 12.2 Å². The van der Waals surface area contributed by atoms with Crippen LogP contribution < -0.4 is 0 Å². The molecule has 1 saturated heterocycles.